The smallest absolute Gasteiger partial charge is 0.265 e. The molecule has 0 fully saturated rings. The van der Waals surface area contributed by atoms with Crippen LogP contribution in [0.1, 0.15) is 18.1 Å². The van der Waals surface area contributed by atoms with Crippen molar-refractivity contribution in [2.75, 3.05) is 5.32 Å². The molecule has 1 aromatic heterocycles. The molecule has 5 heteroatoms. The molecule has 0 aliphatic carbocycles. The van der Waals surface area contributed by atoms with Crippen molar-refractivity contribution in [3.8, 4) is 16.3 Å². The van der Waals surface area contributed by atoms with Crippen LogP contribution in [-0.4, -0.2) is 17.0 Å². The molecule has 1 heterocycles. The number of nitrogens with zero attached hydrogens (tertiary/aromatic N) is 1. The molecule has 1 amide bonds. The monoisotopic (exact) mass is 402 g/mol. The Bertz CT molecular complexity index is 1150. The van der Waals surface area contributed by atoms with Gasteiger partial charge in [0.1, 0.15) is 10.8 Å². The molecule has 0 aliphatic rings. The number of aryl methyl sites for hydroxylation is 1. The molecule has 0 spiro atoms. The lowest BCUT2D eigenvalue weighted by molar-refractivity contribution is -0.122. The Morgan fingerprint density at radius 1 is 1.03 bits per heavy atom. The number of carbonyl (C=O) groups excluding carboxylic acids is 1. The maximum absolute atomic E-state index is 12.7. The predicted octanol–water partition coefficient (Wildman–Crippen LogP) is 5.99. The Labute approximate surface area is 174 Å². The molecule has 1 N–H and O–H groups in total. The zero-order valence-corrected chi connectivity index (χ0v) is 17.4. The molecule has 4 rings (SSSR count). The summed E-state index contributed by atoms with van der Waals surface area (Å²) in [5.41, 5.74) is 4.87. The van der Waals surface area contributed by atoms with Gasteiger partial charge in [-0.05, 0) is 62.2 Å². The first-order chi connectivity index (χ1) is 14.0. The van der Waals surface area contributed by atoms with Gasteiger partial charge in [0.15, 0.2) is 6.10 Å². The Balaban J connectivity index is 1.49. The first-order valence-corrected chi connectivity index (χ1v) is 10.3. The van der Waals surface area contributed by atoms with Gasteiger partial charge in [0.05, 0.1) is 10.2 Å². The van der Waals surface area contributed by atoms with Crippen molar-refractivity contribution in [2.45, 2.75) is 26.9 Å². The minimum Gasteiger partial charge on any atom is -0.481 e. The minimum atomic E-state index is -0.610. The van der Waals surface area contributed by atoms with Gasteiger partial charge >= 0.3 is 0 Å². The summed E-state index contributed by atoms with van der Waals surface area (Å²) in [5.74, 6) is 0.545. The number of rotatable bonds is 5. The molecule has 3 aromatic carbocycles. The number of benzene rings is 3. The lowest BCUT2D eigenvalue weighted by Crippen LogP contribution is -2.30. The number of carbonyl (C=O) groups is 1. The molecule has 0 saturated heterocycles. The van der Waals surface area contributed by atoms with Crippen molar-refractivity contribution in [1.29, 1.82) is 0 Å². The van der Waals surface area contributed by atoms with Crippen LogP contribution in [0.25, 0.3) is 20.8 Å². The van der Waals surface area contributed by atoms with Crippen molar-refractivity contribution in [3.63, 3.8) is 0 Å². The fraction of sp³-hybridized carbons (Fsp3) is 0.167. The first-order valence-electron chi connectivity index (χ1n) is 9.51. The van der Waals surface area contributed by atoms with Gasteiger partial charge in [-0.2, -0.15) is 0 Å². The van der Waals surface area contributed by atoms with E-state index in [1.54, 1.807) is 18.3 Å². The molecule has 146 valence electrons. The summed E-state index contributed by atoms with van der Waals surface area (Å²) in [5, 5.41) is 3.89. The van der Waals surface area contributed by atoms with Crippen molar-refractivity contribution in [3.05, 3.63) is 77.9 Å². The standard InChI is InChI=1S/C24H22N2O2S/c1-15-8-6-12-21(16(15)2)28-17(3)23(27)25-19-10-7-9-18(14-19)24-26-20-11-4-5-13-22(20)29-24/h4-14,17H,1-3H3,(H,25,27)/t17-/m1/s1. The van der Waals surface area contributed by atoms with E-state index in [2.05, 4.69) is 11.4 Å². The van der Waals surface area contributed by atoms with Gasteiger partial charge in [0.2, 0.25) is 0 Å². The first kappa shape index (κ1) is 19.2. The number of aromatic nitrogens is 1. The molecule has 0 radical (unpaired) electrons. The third-order valence-corrected chi connectivity index (χ3v) is 5.98. The predicted molar refractivity (Wildman–Crippen MR) is 120 cm³/mol. The van der Waals surface area contributed by atoms with E-state index in [1.165, 1.54) is 0 Å². The summed E-state index contributed by atoms with van der Waals surface area (Å²) in [6, 6.07) is 21.7. The summed E-state index contributed by atoms with van der Waals surface area (Å²) in [6.07, 6.45) is -0.610. The molecule has 0 aliphatic heterocycles. The van der Waals surface area contributed by atoms with E-state index in [1.807, 2.05) is 74.5 Å². The van der Waals surface area contributed by atoms with Crippen LogP contribution in [0, 0.1) is 13.8 Å². The number of thiazole rings is 1. The highest BCUT2D eigenvalue weighted by molar-refractivity contribution is 7.21. The number of anilines is 1. The van der Waals surface area contributed by atoms with Gasteiger partial charge < -0.3 is 10.1 Å². The van der Waals surface area contributed by atoms with Crippen LogP contribution in [0.4, 0.5) is 5.69 Å². The lowest BCUT2D eigenvalue weighted by Gasteiger charge is -2.17. The summed E-state index contributed by atoms with van der Waals surface area (Å²) in [4.78, 5) is 17.3. The van der Waals surface area contributed by atoms with Gasteiger partial charge in [-0.15, -0.1) is 11.3 Å². The van der Waals surface area contributed by atoms with E-state index in [4.69, 9.17) is 9.72 Å². The van der Waals surface area contributed by atoms with E-state index >= 15 is 0 Å². The van der Waals surface area contributed by atoms with Crippen molar-refractivity contribution in [1.82, 2.24) is 4.98 Å². The van der Waals surface area contributed by atoms with Gasteiger partial charge in [0, 0.05) is 11.3 Å². The Morgan fingerprint density at radius 3 is 2.66 bits per heavy atom. The quantitative estimate of drug-likeness (QED) is 0.446. The second kappa shape index (κ2) is 8.05. The van der Waals surface area contributed by atoms with Crippen LogP contribution in [0.2, 0.25) is 0 Å². The van der Waals surface area contributed by atoms with Gasteiger partial charge in [0.25, 0.3) is 5.91 Å². The maximum atomic E-state index is 12.7. The van der Waals surface area contributed by atoms with Gasteiger partial charge in [-0.25, -0.2) is 4.98 Å². The molecule has 1 atom stereocenters. The largest absolute Gasteiger partial charge is 0.481 e. The topological polar surface area (TPSA) is 51.2 Å². The maximum Gasteiger partial charge on any atom is 0.265 e. The number of hydrogen-bond donors (Lipinski definition) is 1. The highest BCUT2D eigenvalue weighted by Gasteiger charge is 2.17. The number of nitrogens with one attached hydrogen (secondary N) is 1. The number of amides is 1. The van der Waals surface area contributed by atoms with Crippen LogP contribution in [0.3, 0.4) is 0 Å². The summed E-state index contributed by atoms with van der Waals surface area (Å²) >= 11 is 1.64. The minimum absolute atomic E-state index is 0.188. The van der Waals surface area contributed by atoms with Crippen LogP contribution in [-0.2, 0) is 4.79 Å². The molecular weight excluding hydrogens is 380 g/mol. The average Bonchev–Trinajstić information content (AvgIpc) is 3.16. The Morgan fingerprint density at radius 2 is 1.83 bits per heavy atom. The molecule has 4 nitrogen and oxygen atoms in total. The third-order valence-electron chi connectivity index (χ3n) is 4.90. The van der Waals surface area contributed by atoms with E-state index in [-0.39, 0.29) is 5.91 Å². The fourth-order valence-corrected chi connectivity index (χ4v) is 4.03. The Hall–Kier alpha value is -3.18. The fourth-order valence-electron chi connectivity index (χ4n) is 3.07. The summed E-state index contributed by atoms with van der Waals surface area (Å²) < 4.78 is 7.04. The van der Waals surface area contributed by atoms with E-state index in [0.717, 1.165) is 43.4 Å². The SMILES string of the molecule is Cc1cccc(O[C@H](C)C(=O)Nc2cccc(-c3nc4ccccc4s3)c2)c1C. The second-order valence-corrected chi connectivity index (χ2v) is 8.05. The van der Waals surface area contributed by atoms with E-state index in [9.17, 15) is 4.79 Å². The lowest BCUT2D eigenvalue weighted by atomic mass is 10.1. The van der Waals surface area contributed by atoms with Crippen LogP contribution >= 0.6 is 11.3 Å². The highest BCUT2D eigenvalue weighted by Crippen LogP contribution is 2.31. The summed E-state index contributed by atoms with van der Waals surface area (Å²) in [6.45, 7) is 5.78. The third kappa shape index (κ3) is 4.15. The zero-order chi connectivity index (χ0) is 20.4. The van der Waals surface area contributed by atoms with Crippen molar-refractivity contribution >= 4 is 33.1 Å². The molecule has 0 unspecified atom stereocenters. The summed E-state index contributed by atoms with van der Waals surface area (Å²) in [7, 11) is 0. The Kier molecular flexibility index (Phi) is 5.32. The van der Waals surface area contributed by atoms with Crippen molar-refractivity contribution < 1.29 is 9.53 Å². The number of ether oxygens (including phenoxy) is 1. The van der Waals surface area contributed by atoms with E-state index < -0.39 is 6.10 Å². The molecule has 4 aromatic rings. The zero-order valence-electron chi connectivity index (χ0n) is 16.6. The van der Waals surface area contributed by atoms with E-state index in [0.29, 0.717) is 0 Å². The number of hydrogen-bond acceptors (Lipinski definition) is 4. The van der Waals surface area contributed by atoms with Crippen LogP contribution in [0.15, 0.2) is 66.7 Å². The van der Waals surface area contributed by atoms with Gasteiger partial charge in [-0.1, -0.05) is 36.4 Å². The molecule has 0 bridgehead atoms. The highest BCUT2D eigenvalue weighted by atomic mass is 32.1. The molecule has 0 saturated carbocycles. The van der Waals surface area contributed by atoms with Crippen molar-refractivity contribution in [2.24, 2.45) is 0 Å². The van der Waals surface area contributed by atoms with Crippen LogP contribution in [0.5, 0.6) is 5.75 Å². The second-order valence-electron chi connectivity index (χ2n) is 7.01. The average molecular weight is 403 g/mol. The molecular formula is C24H22N2O2S. The van der Waals surface area contributed by atoms with Crippen LogP contribution < -0.4 is 10.1 Å². The normalized spacial score (nSPS) is 12.0. The van der Waals surface area contributed by atoms with Gasteiger partial charge in [-0.3, -0.25) is 4.79 Å². The molecule has 29 heavy (non-hydrogen) atoms. The number of para-hydroxylation sites is 1. The number of fused-ring (bicyclic) bond motifs is 1.